The van der Waals surface area contributed by atoms with E-state index in [1.54, 1.807) is 0 Å². The smallest absolute Gasteiger partial charge is 0.139 e. The zero-order chi connectivity index (χ0) is 15.7. The van der Waals surface area contributed by atoms with Crippen molar-refractivity contribution in [2.24, 2.45) is 34.5 Å². The number of ketones is 2. The van der Waals surface area contributed by atoms with Gasteiger partial charge in [-0.2, -0.15) is 0 Å². The molecule has 4 rings (SSSR count). The summed E-state index contributed by atoms with van der Waals surface area (Å²) in [5.74, 6) is 1.83. The van der Waals surface area contributed by atoms with Crippen molar-refractivity contribution in [3.63, 3.8) is 0 Å². The Morgan fingerprint density at radius 2 is 1.86 bits per heavy atom. The maximum atomic E-state index is 13.8. The molecule has 0 bridgehead atoms. The van der Waals surface area contributed by atoms with E-state index in [1.807, 2.05) is 6.92 Å². The molecule has 2 nitrogen and oxygen atoms in total. The third-order valence-electron chi connectivity index (χ3n) is 8.00. The Bertz CT molecular complexity index is 530. The molecule has 7 atom stereocenters. The Labute approximate surface area is 132 Å². The van der Waals surface area contributed by atoms with Crippen LogP contribution in [0.2, 0.25) is 0 Å². The standard InChI is InChI=1S/C19H27FO2/c1-18-8-7-12(20)9-11(18)3-4-13-14-5-6-16(22)19(14,2)10-15(21)17(13)18/h11-14,17H,3-10H2,1-2H3/t11-,12+,13+,14+,17-,18+,19-/m0/s1. The molecule has 0 saturated heterocycles. The van der Waals surface area contributed by atoms with Crippen LogP contribution in [0.25, 0.3) is 0 Å². The summed E-state index contributed by atoms with van der Waals surface area (Å²) in [6.45, 7) is 4.28. The Hall–Kier alpha value is -0.730. The van der Waals surface area contributed by atoms with Gasteiger partial charge in [-0.1, -0.05) is 13.8 Å². The molecule has 0 N–H and O–H groups in total. The first-order chi connectivity index (χ1) is 10.4. The van der Waals surface area contributed by atoms with E-state index in [2.05, 4.69) is 6.92 Å². The van der Waals surface area contributed by atoms with Gasteiger partial charge in [0.2, 0.25) is 0 Å². The molecule has 4 saturated carbocycles. The van der Waals surface area contributed by atoms with Gasteiger partial charge in [0.15, 0.2) is 0 Å². The first-order valence-corrected chi connectivity index (χ1v) is 9.06. The van der Waals surface area contributed by atoms with Crippen molar-refractivity contribution in [3.05, 3.63) is 0 Å². The average molecular weight is 306 g/mol. The van der Waals surface area contributed by atoms with Crippen molar-refractivity contribution in [2.45, 2.75) is 71.4 Å². The Morgan fingerprint density at radius 1 is 1.09 bits per heavy atom. The van der Waals surface area contributed by atoms with Crippen LogP contribution in [0.1, 0.15) is 65.2 Å². The van der Waals surface area contributed by atoms with E-state index in [1.165, 1.54) is 0 Å². The van der Waals surface area contributed by atoms with Crippen LogP contribution < -0.4 is 0 Å². The number of fused-ring (bicyclic) bond motifs is 5. The normalized spacial score (nSPS) is 54.6. The number of hydrogen-bond acceptors (Lipinski definition) is 2. The van der Waals surface area contributed by atoms with Crippen LogP contribution in [0, 0.1) is 34.5 Å². The van der Waals surface area contributed by atoms with Crippen LogP contribution in [0.4, 0.5) is 4.39 Å². The van der Waals surface area contributed by atoms with Gasteiger partial charge >= 0.3 is 0 Å². The van der Waals surface area contributed by atoms with Crippen LogP contribution in [0.5, 0.6) is 0 Å². The molecule has 3 heteroatoms. The minimum atomic E-state index is -0.674. The number of carbonyl (C=O) groups excluding carboxylic acids is 2. The van der Waals surface area contributed by atoms with E-state index < -0.39 is 11.6 Å². The van der Waals surface area contributed by atoms with Crippen molar-refractivity contribution >= 4 is 11.6 Å². The largest absolute Gasteiger partial charge is 0.299 e. The van der Waals surface area contributed by atoms with Crippen LogP contribution >= 0.6 is 0 Å². The molecule has 0 aliphatic heterocycles. The number of carbonyl (C=O) groups is 2. The SMILES string of the molecule is C[C@@]12CC[C@@H](F)C[C@@H]1CC[C@H]1[C@H]2C(=O)C[C@]2(C)C(=O)CC[C@H]12. The van der Waals surface area contributed by atoms with Gasteiger partial charge in [0.05, 0.1) is 0 Å². The zero-order valence-corrected chi connectivity index (χ0v) is 13.7. The molecular weight excluding hydrogens is 279 g/mol. The topological polar surface area (TPSA) is 34.1 Å². The first-order valence-electron chi connectivity index (χ1n) is 9.06. The molecule has 22 heavy (non-hydrogen) atoms. The fourth-order valence-electron chi connectivity index (χ4n) is 6.80. The van der Waals surface area contributed by atoms with E-state index in [-0.39, 0.29) is 11.3 Å². The summed E-state index contributed by atoms with van der Waals surface area (Å²) in [4.78, 5) is 25.4. The van der Waals surface area contributed by atoms with Gasteiger partial charge in [-0.15, -0.1) is 0 Å². The predicted octanol–water partition coefficient (Wildman–Crippen LogP) is 4.12. The second-order valence-corrected chi connectivity index (χ2v) is 8.92. The number of hydrogen-bond donors (Lipinski definition) is 0. The summed E-state index contributed by atoms with van der Waals surface area (Å²) in [5, 5.41) is 0. The fourth-order valence-corrected chi connectivity index (χ4v) is 6.80. The third-order valence-corrected chi connectivity index (χ3v) is 8.00. The molecule has 0 aromatic rings. The maximum Gasteiger partial charge on any atom is 0.139 e. The molecule has 0 heterocycles. The summed E-state index contributed by atoms with van der Waals surface area (Å²) >= 11 is 0. The third kappa shape index (κ3) is 1.77. The molecule has 0 unspecified atom stereocenters. The summed E-state index contributed by atoms with van der Waals surface area (Å²) in [6.07, 6.45) is 5.58. The molecule has 0 spiro atoms. The number of halogens is 1. The highest BCUT2D eigenvalue weighted by Crippen LogP contribution is 2.64. The van der Waals surface area contributed by atoms with Gasteiger partial charge < -0.3 is 0 Å². The van der Waals surface area contributed by atoms with Gasteiger partial charge in [0.1, 0.15) is 17.7 Å². The van der Waals surface area contributed by atoms with Gasteiger partial charge in [-0.05, 0) is 61.7 Å². The second-order valence-electron chi connectivity index (χ2n) is 8.92. The highest BCUT2D eigenvalue weighted by atomic mass is 19.1. The lowest BCUT2D eigenvalue weighted by atomic mass is 9.45. The average Bonchev–Trinajstić information content (AvgIpc) is 2.75. The molecule has 4 aliphatic carbocycles. The predicted molar refractivity (Wildman–Crippen MR) is 82.0 cm³/mol. The van der Waals surface area contributed by atoms with Crippen LogP contribution in [-0.4, -0.2) is 17.7 Å². The first kappa shape index (κ1) is 14.8. The lowest BCUT2D eigenvalue weighted by Gasteiger charge is -2.58. The highest BCUT2D eigenvalue weighted by molar-refractivity contribution is 5.95. The monoisotopic (exact) mass is 306 g/mol. The molecular formula is C19H27FO2. The van der Waals surface area contributed by atoms with E-state index in [0.29, 0.717) is 55.0 Å². The van der Waals surface area contributed by atoms with Crippen molar-refractivity contribution in [2.75, 3.05) is 0 Å². The van der Waals surface area contributed by atoms with Crippen LogP contribution in [0.15, 0.2) is 0 Å². The molecule has 4 fully saturated rings. The molecule has 0 radical (unpaired) electrons. The molecule has 0 aromatic heterocycles. The highest BCUT2D eigenvalue weighted by Gasteiger charge is 2.63. The lowest BCUT2D eigenvalue weighted by Crippen LogP contribution is -2.57. The summed E-state index contributed by atoms with van der Waals surface area (Å²) in [5.41, 5.74) is -0.408. The summed E-state index contributed by atoms with van der Waals surface area (Å²) < 4.78 is 13.8. The second kappa shape index (κ2) is 4.64. The minimum absolute atomic E-state index is 0.0183. The summed E-state index contributed by atoms with van der Waals surface area (Å²) in [7, 11) is 0. The van der Waals surface area contributed by atoms with E-state index in [0.717, 1.165) is 25.7 Å². The molecule has 4 aliphatic rings. The number of Topliss-reactive ketones (excluding diaryl/α,β-unsaturated/α-hetero) is 2. The van der Waals surface area contributed by atoms with Gasteiger partial charge in [-0.25, -0.2) is 4.39 Å². The van der Waals surface area contributed by atoms with E-state index >= 15 is 0 Å². The van der Waals surface area contributed by atoms with Crippen molar-refractivity contribution in [1.29, 1.82) is 0 Å². The quantitative estimate of drug-likeness (QED) is 0.675. The van der Waals surface area contributed by atoms with Gasteiger partial charge in [0.25, 0.3) is 0 Å². The molecule has 122 valence electrons. The maximum absolute atomic E-state index is 13.8. The number of alkyl halides is 1. The van der Waals surface area contributed by atoms with Crippen molar-refractivity contribution in [3.8, 4) is 0 Å². The van der Waals surface area contributed by atoms with Crippen LogP contribution in [0.3, 0.4) is 0 Å². The van der Waals surface area contributed by atoms with Crippen molar-refractivity contribution < 1.29 is 14.0 Å². The van der Waals surface area contributed by atoms with E-state index in [9.17, 15) is 14.0 Å². The number of rotatable bonds is 0. The minimum Gasteiger partial charge on any atom is -0.299 e. The Balaban J connectivity index is 1.71. The molecule has 0 aromatic carbocycles. The van der Waals surface area contributed by atoms with Gasteiger partial charge in [0, 0.05) is 24.2 Å². The zero-order valence-electron chi connectivity index (χ0n) is 13.7. The Morgan fingerprint density at radius 3 is 2.64 bits per heavy atom. The Kier molecular flexibility index (Phi) is 3.13. The summed E-state index contributed by atoms with van der Waals surface area (Å²) in [6, 6.07) is 0. The van der Waals surface area contributed by atoms with Gasteiger partial charge in [-0.3, -0.25) is 9.59 Å². The fraction of sp³-hybridized carbons (Fsp3) is 0.895. The van der Waals surface area contributed by atoms with Crippen LogP contribution in [-0.2, 0) is 9.59 Å². The van der Waals surface area contributed by atoms with E-state index in [4.69, 9.17) is 0 Å². The molecule has 0 amide bonds. The van der Waals surface area contributed by atoms with Crippen molar-refractivity contribution in [1.82, 2.24) is 0 Å². The lowest BCUT2D eigenvalue weighted by molar-refractivity contribution is -0.161.